The first kappa shape index (κ1) is 19.2. The van der Waals surface area contributed by atoms with Gasteiger partial charge >= 0.3 is 0 Å². The third kappa shape index (κ3) is 3.87. The van der Waals surface area contributed by atoms with Crippen molar-refractivity contribution in [1.82, 2.24) is 10.2 Å². The molecule has 7 nitrogen and oxygen atoms in total. The Morgan fingerprint density at radius 2 is 1.82 bits per heavy atom. The maximum Gasteiger partial charge on any atom is 0.251 e. The summed E-state index contributed by atoms with van der Waals surface area (Å²) < 4.78 is 25.6. The third-order valence-electron chi connectivity index (χ3n) is 6.04. The molecule has 0 radical (unpaired) electrons. The molecule has 2 amide bonds. The number of carbonyl (C=O) groups is 2. The van der Waals surface area contributed by atoms with Crippen molar-refractivity contribution in [2.45, 2.75) is 44.6 Å². The molecule has 0 aromatic heterocycles. The molecule has 0 bridgehead atoms. The first-order valence-electron chi connectivity index (χ1n) is 10.1. The fourth-order valence-electron chi connectivity index (χ4n) is 4.51. The van der Waals surface area contributed by atoms with Crippen LogP contribution >= 0.6 is 0 Å². The zero-order valence-corrected chi connectivity index (χ0v) is 16.8. The predicted molar refractivity (Wildman–Crippen MR) is 107 cm³/mol. The zero-order chi connectivity index (χ0) is 19.7. The summed E-state index contributed by atoms with van der Waals surface area (Å²) in [4.78, 5) is 27.1. The summed E-state index contributed by atoms with van der Waals surface area (Å²) in [5.41, 5.74) is 0.981. The lowest BCUT2D eigenvalue weighted by atomic mass is 10.1. The topological polar surface area (TPSA) is 86.8 Å². The highest BCUT2D eigenvalue weighted by Gasteiger charge is 2.33. The highest BCUT2D eigenvalue weighted by atomic mass is 32.2. The summed E-state index contributed by atoms with van der Waals surface area (Å²) in [6.45, 7) is 1.70. The minimum Gasteiger partial charge on any atom is -0.347 e. The van der Waals surface area contributed by atoms with Gasteiger partial charge in [-0.05, 0) is 43.9 Å². The number of nitrogens with zero attached hydrogens (tertiary/aromatic N) is 2. The van der Waals surface area contributed by atoms with Crippen LogP contribution in [0.1, 0.15) is 48.9 Å². The Kier molecular flexibility index (Phi) is 5.31. The van der Waals surface area contributed by atoms with E-state index < -0.39 is 10.0 Å². The molecule has 2 heterocycles. The number of amides is 2. The van der Waals surface area contributed by atoms with E-state index in [2.05, 4.69) is 5.32 Å². The fraction of sp³-hybridized carbons (Fsp3) is 0.600. The number of nitrogens with one attached hydrogen (secondary N) is 1. The van der Waals surface area contributed by atoms with E-state index in [9.17, 15) is 18.0 Å². The van der Waals surface area contributed by atoms with Crippen molar-refractivity contribution in [3.05, 3.63) is 29.8 Å². The zero-order valence-electron chi connectivity index (χ0n) is 16.0. The van der Waals surface area contributed by atoms with Gasteiger partial charge < -0.3 is 10.2 Å². The van der Waals surface area contributed by atoms with Crippen LogP contribution in [-0.2, 0) is 14.8 Å². The van der Waals surface area contributed by atoms with E-state index in [0.29, 0.717) is 37.3 Å². The fourth-order valence-corrected chi connectivity index (χ4v) is 6.07. The largest absolute Gasteiger partial charge is 0.347 e. The Balaban J connectivity index is 1.38. The summed E-state index contributed by atoms with van der Waals surface area (Å²) in [6.07, 6.45) is 5.59. The van der Waals surface area contributed by atoms with Gasteiger partial charge in [0, 0.05) is 37.2 Å². The predicted octanol–water partition coefficient (Wildman–Crippen LogP) is 1.75. The van der Waals surface area contributed by atoms with Gasteiger partial charge in [-0.1, -0.05) is 18.9 Å². The van der Waals surface area contributed by atoms with E-state index in [1.165, 1.54) is 4.31 Å². The average Bonchev–Trinajstić information content (AvgIpc) is 3.42. The van der Waals surface area contributed by atoms with Gasteiger partial charge in [0.1, 0.15) is 0 Å². The molecule has 4 rings (SSSR count). The van der Waals surface area contributed by atoms with Gasteiger partial charge in [-0.3, -0.25) is 13.9 Å². The molecule has 0 spiro atoms. The third-order valence-corrected chi connectivity index (χ3v) is 7.90. The van der Waals surface area contributed by atoms with Crippen molar-refractivity contribution >= 4 is 27.5 Å². The molecule has 152 valence electrons. The lowest BCUT2D eigenvalue weighted by molar-refractivity contribution is -0.134. The Morgan fingerprint density at radius 1 is 1.04 bits per heavy atom. The van der Waals surface area contributed by atoms with E-state index >= 15 is 0 Å². The average molecular weight is 406 g/mol. The van der Waals surface area contributed by atoms with Crippen molar-refractivity contribution in [3.8, 4) is 0 Å². The number of rotatable bonds is 4. The number of hydrogen-bond donors (Lipinski definition) is 1. The van der Waals surface area contributed by atoms with Gasteiger partial charge in [0.2, 0.25) is 15.9 Å². The van der Waals surface area contributed by atoms with Crippen molar-refractivity contribution < 1.29 is 18.0 Å². The first-order valence-corrected chi connectivity index (χ1v) is 11.7. The molecular weight excluding hydrogens is 378 g/mol. The summed E-state index contributed by atoms with van der Waals surface area (Å²) in [7, 11) is -3.27. The molecule has 28 heavy (non-hydrogen) atoms. The molecule has 1 aromatic carbocycles. The monoisotopic (exact) mass is 405 g/mol. The summed E-state index contributed by atoms with van der Waals surface area (Å²) >= 11 is 0. The van der Waals surface area contributed by atoms with Gasteiger partial charge in [0.05, 0.1) is 11.4 Å². The van der Waals surface area contributed by atoms with Gasteiger partial charge in [0.15, 0.2) is 0 Å². The lowest BCUT2D eigenvalue weighted by Gasteiger charge is -2.21. The summed E-state index contributed by atoms with van der Waals surface area (Å²) in [6, 6.07) is 6.70. The molecule has 1 N–H and O–H groups in total. The quantitative estimate of drug-likeness (QED) is 0.827. The Bertz CT molecular complexity index is 864. The Hall–Kier alpha value is -2.09. The normalized spacial score (nSPS) is 24.6. The number of carbonyl (C=O) groups excluding carboxylic acids is 2. The smallest absolute Gasteiger partial charge is 0.251 e. The number of likely N-dealkylation sites (tertiary alicyclic amines) is 1. The van der Waals surface area contributed by atoms with Gasteiger partial charge in [-0.15, -0.1) is 0 Å². The molecular formula is C20H27N3O4S. The summed E-state index contributed by atoms with van der Waals surface area (Å²) in [5.74, 6) is 0.318. The van der Waals surface area contributed by atoms with Crippen molar-refractivity contribution in [1.29, 1.82) is 0 Å². The molecule has 3 aliphatic rings. The molecule has 0 unspecified atom stereocenters. The maximum absolute atomic E-state index is 12.7. The molecule has 2 saturated heterocycles. The van der Waals surface area contributed by atoms with E-state index in [1.54, 1.807) is 24.3 Å². The van der Waals surface area contributed by atoms with Crippen LogP contribution in [0.5, 0.6) is 0 Å². The number of sulfonamides is 1. The Morgan fingerprint density at radius 3 is 2.54 bits per heavy atom. The first-order chi connectivity index (χ1) is 13.4. The second kappa shape index (κ2) is 7.73. The minimum absolute atomic E-state index is 0.0583. The second-order valence-electron chi connectivity index (χ2n) is 8.02. The maximum atomic E-state index is 12.7. The SMILES string of the molecule is O=C(N[C@H]1CCN(C(=O)C2CCCC2)C1)c1cccc(N2CCCS2(=O)=O)c1. The second-order valence-corrected chi connectivity index (χ2v) is 10.0. The number of hydrogen-bond acceptors (Lipinski definition) is 4. The Labute approximate surface area is 166 Å². The van der Waals surface area contributed by atoms with Crippen LogP contribution in [0.4, 0.5) is 5.69 Å². The van der Waals surface area contributed by atoms with E-state index in [0.717, 1.165) is 32.1 Å². The van der Waals surface area contributed by atoms with E-state index in [1.807, 2.05) is 4.90 Å². The molecule has 1 aliphatic carbocycles. The molecule has 1 aromatic rings. The number of benzene rings is 1. The molecule has 8 heteroatoms. The minimum atomic E-state index is -3.27. The highest BCUT2D eigenvalue weighted by Crippen LogP contribution is 2.28. The van der Waals surface area contributed by atoms with Crippen LogP contribution in [0.25, 0.3) is 0 Å². The van der Waals surface area contributed by atoms with Crippen molar-refractivity contribution in [3.63, 3.8) is 0 Å². The van der Waals surface area contributed by atoms with Crippen molar-refractivity contribution in [2.24, 2.45) is 5.92 Å². The lowest BCUT2D eigenvalue weighted by Crippen LogP contribution is -2.39. The molecule has 2 aliphatic heterocycles. The number of anilines is 1. The van der Waals surface area contributed by atoms with Gasteiger partial charge in [0.25, 0.3) is 5.91 Å². The molecule has 3 fully saturated rings. The van der Waals surface area contributed by atoms with Crippen molar-refractivity contribution in [2.75, 3.05) is 29.7 Å². The van der Waals surface area contributed by atoms with Gasteiger partial charge in [-0.2, -0.15) is 0 Å². The van der Waals surface area contributed by atoms with E-state index in [4.69, 9.17) is 0 Å². The highest BCUT2D eigenvalue weighted by molar-refractivity contribution is 7.93. The van der Waals surface area contributed by atoms with Crippen LogP contribution in [0.3, 0.4) is 0 Å². The molecule has 1 saturated carbocycles. The standard InChI is InChI=1S/C20H27N3O4S/c24-19(16-7-3-8-18(13-16)23-10-4-12-28(23,26)27)21-17-9-11-22(14-17)20(25)15-5-1-2-6-15/h3,7-8,13,15,17H,1-2,4-6,9-12,14H2,(H,21,24)/t17-/m0/s1. The van der Waals surface area contributed by atoms with Gasteiger partial charge in [-0.25, -0.2) is 8.42 Å². The van der Waals surface area contributed by atoms with Crippen LogP contribution in [0.2, 0.25) is 0 Å². The van der Waals surface area contributed by atoms with Crippen LogP contribution in [-0.4, -0.2) is 56.6 Å². The van der Waals surface area contributed by atoms with Crippen LogP contribution < -0.4 is 9.62 Å². The molecule has 1 atom stereocenters. The van der Waals surface area contributed by atoms with Crippen LogP contribution in [0.15, 0.2) is 24.3 Å². The summed E-state index contributed by atoms with van der Waals surface area (Å²) in [5, 5.41) is 3.01. The van der Waals surface area contributed by atoms with E-state index in [-0.39, 0.29) is 29.5 Å². The van der Waals surface area contributed by atoms with Crippen LogP contribution in [0, 0.1) is 5.92 Å².